The Morgan fingerprint density at radius 1 is 0.481 bits per heavy atom. The molecule has 0 amide bonds. The van der Waals surface area contributed by atoms with Gasteiger partial charge in [-0.3, -0.25) is 15.0 Å². The number of nitrogens with one attached hydrogen (secondary N) is 3. The van der Waals surface area contributed by atoms with E-state index in [1.165, 1.54) is 72.3 Å². The standard InChI is InChI=1S/C16H24N2O.C15H22N2.C14H20N2/c1-10-8-13(16(3,4)5)15(19)11(2)12(10)9-14-17-6-7-18-14;1-9-10(2)12(4)14(13(5)11(9)3)8-15-16-6-7-17-15;1-9-7-10(2)12(4)13(11(9)3)8-14-15-5-6-16-14/h8,19H,6-7,9H2,1-5H3,(H,17,18);6-8H2,1-5H3,(H,16,17);7H,5-6,8H2,1-4H3,(H,15,16). The summed E-state index contributed by atoms with van der Waals surface area (Å²) >= 11 is 0. The van der Waals surface area contributed by atoms with Crippen molar-refractivity contribution in [1.29, 1.82) is 0 Å². The molecule has 282 valence electrons. The Morgan fingerprint density at radius 2 is 0.846 bits per heavy atom. The summed E-state index contributed by atoms with van der Waals surface area (Å²) in [6.45, 7) is 36.1. The first-order valence-corrected chi connectivity index (χ1v) is 19.2. The van der Waals surface area contributed by atoms with Crippen LogP contribution >= 0.6 is 0 Å². The van der Waals surface area contributed by atoms with Gasteiger partial charge < -0.3 is 21.1 Å². The average molecular weight is 707 g/mol. The molecule has 0 aliphatic carbocycles. The number of nitrogens with zero attached hydrogens (tertiary/aromatic N) is 3. The van der Waals surface area contributed by atoms with Crippen molar-refractivity contribution in [2.24, 2.45) is 15.0 Å². The van der Waals surface area contributed by atoms with Gasteiger partial charge in [0.05, 0.1) is 19.6 Å². The fourth-order valence-electron chi connectivity index (χ4n) is 7.46. The summed E-state index contributed by atoms with van der Waals surface area (Å²) in [6, 6.07) is 4.39. The quantitative estimate of drug-likeness (QED) is 0.209. The van der Waals surface area contributed by atoms with Crippen LogP contribution in [-0.4, -0.2) is 61.9 Å². The maximum Gasteiger partial charge on any atom is 0.122 e. The predicted octanol–water partition coefficient (Wildman–Crippen LogP) is 8.09. The molecule has 3 aliphatic heterocycles. The van der Waals surface area contributed by atoms with E-state index in [1.807, 2.05) is 6.92 Å². The Balaban J connectivity index is 0.000000175. The van der Waals surface area contributed by atoms with Crippen LogP contribution in [0.1, 0.15) is 104 Å². The number of amidine groups is 3. The molecule has 3 heterocycles. The lowest BCUT2D eigenvalue weighted by molar-refractivity contribution is 0.442. The zero-order chi connectivity index (χ0) is 38.5. The monoisotopic (exact) mass is 707 g/mol. The van der Waals surface area contributed by atoms with Gasteiger partial charge in [-0.05, 0) is 165 Å². The van der Waals surface area contributed by atoms with Crippen LogP contribution in [0.25, 0.3) is 0 Å². The Bertz CT molecular complexity index is 1830. The topological polar surface area (TPSA) is 93.4 Å². The van der Waals surface area contributed by atoms with Crippen molar-refractivity contribution >= 4 is 17.5 Å². The van der Waals surface area contributed by atoms with Gasteiger partial charge in [0.15, 0.2) is 0 Å². The Kier molecular flexibility index (Phi) is 13.4. The molecule has 0 radical (unpaired) electrons. The highest BCUT2D eigenvalue weighted by Gasteiger charge is 2.23. The molecular formula is C45H66N6O. The second-order valence-corrected chi connectivity index (χ2v) is 16.1. The summed E-state index contributed by atoms with van der Waals surface area (Å²) in [7, 11) is 0. The van der Waals surface area contributed by atoms with Crippen LogP contribution < -0.4 is 16.0 Å². The molecule has 0 spiro atoms. The number of benzene rings is 3. The minimum absolute atomic E-state index is 0.0404. The van der Waals surface area contributed by atoms with Gasteiger partial charge in [-0.15, -0.1) is 0 Å². The number of aliphatic imine (C=N–C) groups is 3. The van der Waals surface area contributed by atoms with Crippen molar-refractivity contribution in [1.82, 2.24) is 16.0 Å². The SMILES string of the molecule is Cc1c(C)c(C)c(CC2=NCCN2)c(C)c1C.Cc1cc(C(C)(C)C)c(O)c(C)c1CC1=NCCN1.Cc1cc(C)c(C)c(CC2=NCCN2)c1C. The fourth-order valence-corrected chi connectivity index (χ4v) is 7.46. The summed E-state index contributed by atoms with van der Waals surface area (Å²) < 4.78 is 0. The largest absolute Gasteiger partial charge is 0.507 e. The molecule has 0 bridgehead atoms. The van der Waals surface area contributed by atoms with E-state index < -0.39 is 0 Å². The molecule has 7 nitrogen and oxygen atoms in total. The first-order valence-electron chi connectivity index (χ1n) is 19.2. The summed E-state index contributed by atoms with van der Waals surface area (Å²) in [5.74, 6) is 3.77. The van der Waals surface area contributed by atoms with E-state index in [1.54, 1.807) is 0 Å². The third-order valence-electron chi connectivity index (χ3n) is 11.6. The second-order valence-electron chi connectivity index (χ2n) is 16.1. The molecule has 52 heavy (non-hydrogen) atoms. The van der Waals surface area contributed by atoms with Gasteiger partial charge in [0.1, 0.15) is 23.3 Å². The molecular weight excluding hydrogens is 641 g/mol. The molecule has 0 fully saturated rings. The maximum atomic E-state index is 10.5. The van der Waals surface area contributed by atoms with Crippen LogP contribution in [0.3, 0.4) is 0 Å². The highest BCUT2D eigenvalue weighted by molar-refractivity contribution is 5.87. The van der Waals surface area contributed by atoms with E-state index in [0.29, 0.717) is 5.75 Å². The number of phenols is 1. The van der Waals surface area contributed by atoms with Crippen molar-refractivity contribution in [3.63, 3.8) is 0 Å². The fraction of sp³-hybridized carbons (Fsp3) is 0.533. The van der Waals surface area contributed by atoms with E-state index in [9.17, 15) is 5.11 Å². The highest BCUT2D eigenvalue weighted by Crippen LogP contribution is 2.36. The number of aromatic hydroxyl groups is 1. The molecule has 3 aliphatic rings. The molecule has 0 aromatic heterocycles. The van der Waals surface area contributed by atoms with Gasteiger partial charge in [-0.2, -0.15) is 0 Å². The average Bonchev–Trinajstić information content (AvgIpc) is 3.91. The molecule has 4 N–H and O–H groups in total. The number of phenolic OH excluding ortho intramolecular Hbond substituents is 1. The van der Waals surface area contributed by atoms with E-state index in [-0.39, 0.29) is 5.41 Å². The first-order chi connectivity index (χ1) is 24.4. The van der Waals surface area contributed by atoms with Gasteiger partial charge in [0.25, 0.3) is 0 Å². The van der Waals surface area contributed by atoms with Gasteiger partial charge >= 0.3 is 0 Å². The Labute approximate surface area is 315 Å². The number of rotatable bonds is 6. The van der Waals surface area contributed by atoms with Crippen molar-refractivity contribution in [2.45, 2.75) is 122 Å². The molecule has 0 atom stereocenters. The lowest BCUT2D eigenvalue weighted by Crippen LogP contribution is -2.22. The van der Waals surface area contributed by atoms with E-state index in [4.69, 9.17) is 0 Å². The third kappa shape index (κ3) is 9.45. The summed E-state index contributed by atoms with van der Waals surface area (Å²) in [6.07, 6.45) is 2.70. The van der Waals surface area contributed by atoms with Gasteiger partial charge in [0, 0.05) is 38.9 Å². The normalized spacial score (nSPS) is 15.0. The number of hydrogen-bond donors (Lipinski definition) is 4. The Morgan fingerprint density at radius 3 is 1.21 bits per heavy atom. The lowest BCUT2D eigenvalue weighted by atomic mass is 9.82. The van der Waals surface area contributed by atoms with Crippen LogP contribution in [0.5, 0.6) is 5.75 Å². The van der Waals surface area contributed by atoms with E-state index in [0.717, 1.165) is 87.2 Å². The zero-order valence-electron chi connectivity index (χ0n) is 34.8. The van der Waals surface area contributed by atoms with E-state index in [2.05, 4.69) is 133 Å². The first kappa shape index (κ1) is 40.6. The van der Waals surface area contributed by atoms with Crippen LogP contribution in [0, 0.1) is 76.2 Å². The summed E-state index contributed by atoms with van der Waals surface area (Å²) in [4.78, 5) is 13.4. The second kappa shape index (κ2) is 17.1. The lowest BCUT2D eigenvalue weighted by Gasteiger charge is -2.24. The van der Waals surface area contributed by atoms with Crippen molar-refractivity contribution < 1.29 is 5.11 Å². The highest BCUT2D eigenvalue weighted by atomic mass is 16.3. The van der Waals surface area contributed by atoms with Gasteiger partial charge in [-0.1, -0.05) is 32.9 Å². The molecule has 0 saturated carbocycles. The molecule has 3 aromatic carbocycles. The van der Waals surface area contributed by atoms with Crippen molar-refractivity contribution in [3.05, 3.63) is 95.6 Å². The smallest absolute Gasteiger partial charge is 0.122 e. The minimum Gasteiger partial charge on any atom is -0.507 e. The maximum absolute atomic E-state index is 10.5. The predicted molar refractivity (Wildman–Crippen MR) is 224 cm³/mol. The third-order valence-corrected chi connectivity index (χ3v) is 11.6. The molecule has 0 unspecified atom stereocenters. The van der Waals surface area contributed by atoms with Crippen molar-refractivity contribution in [2.75, 3.05) is 39.3 Å². The summed E-state index contributed by atoms with van der Waals surface area (Å²) in [5, 5.41) is 20.5. The molecule has 3 aromatic rings. The zero-order valence-corrected chi connectivity index (χ0v) is 34.8. The number of hydrogen-bond acceptors (Lipinski definition) is 7. The molecule has 6 rings (SSSR count). The van der Waals surface area contributed by atoms with Gasteiger partial charge in [0.2, 0.25) is 0 Å². The Hall–Kier alpha value is -4.13. The minimum atomic E-state index is -0.0404. The molecule has 7 heteroatoms. The number of aryl methyl sites for hydroxylation is 3. The van der Waals surface area contributed by atoms with E-state index >= 15 is 0 Å². The van der Waals surface area contributed by atoms with Crippen LogP contribution in [0.15, 0.2) is 27.1 Å². The van der Waals surface area contributed by atoms with Crippen LogP contribution in [0.4, 0.5) is 0 Å². The van der Waals surface area contributed by atoms with Gasteiger partial charge in [-0.25, -0.2) is 0 Å². The molecule has 0 saturated heterocycles. The van der Waals surface area contributed by atoms with Crippen LogP contribution in [0.2, 0.25) is 0 Å². The summed E-state index contributed by atoms with van der Waals surface area (Å²) in [5.41, 5.74) is 20.1. The van der Waals surface area contributed by atoms with Crippen molar-refractivity contribution in [3.8, 4) is 5.75 Å². The van der Waals surface area contributed by atoms with Crippen LogP contribution in [-0.2, 0) is 24.7 Å².